The first-order chi connectivity index (χ1) is 12.3. The van der Waals surface area contributed by atoms with Gasteiger partial charge in [0, 0.05) is 27.0 Å². The third-order valence-electron chi connectivity index (χ3n) is 4.44. The van der Waals surface area contributed by atoms with E-state index in [9.17, 15) is 0 Å². The molecule has 0 aliphatic carbocycles. The predicted octanol–water partition coefficient (Wildman–Crippen LogP) is 5.43. The first-order valence-corrected chi connectivity index (χ1v) is 9.01. The molecule has 0 saturated heterocycles. The fraction of sp³-hybridized carbons (Fsp3) is 0.143. The highest BCUT2D eigenvalue weighted by atomic mass is 32.1. The van der Waals surface area contributed by atoms with Crippen LogP contribution in [0, 0.1) is 0 Å². The minimum absolute atomic E-state index is 0.106. The van der Waals surface area contributed by atoms with Crippen molar-refractivity contribution in [1.29, 1.82) is 0 Å². The Bertz CT molecular complexity index is 988. The molecule has 126 valence electrons. The monoisotopic (exact) mass is 349 g/mol. The fourth-order valence-electron chi connectivity index (χ4n) is 3.25. The fourth-order valence-corrected chi connectivity index (χ4v) is 4.11. The van der Waals surface area contributed by atoms with Crippen molar-refractivity contribution in [2.75, 3.05) is 14.2 Å². The zero-order chi connectivity index (χ0) is 17.2. The average Bonchev–Trinajstić information content (AvgIpc) is 3.31. The highest BCUT2D eigenvalue weighted by Crippen LogP contribution is 2.39. The predicted molar refractivity (Wildman–Crippen MR) is 103 cm³/mol. The molecule has 1 atom stereocenters. The molecule has 2 aromatic heterocycles. The van der Waals surface area contributed by atoms with Crippen molar-refractivity contribution in [3.63, 3.8) is 0 Å². The summed E-state index contributed by atoms with van der Waals surface area (Å²) in [6.07, 6.45) is 0. The number of ether oxygens (including phenoxy) is 2. The second-order valence-corrected chi connectivity index (χ2v) is 6.85. The molecule has 3 nitrogen and oxygen atoms in total. The number of aromatic nitrogens is 1. The van der Waals surface area contributed by atoms with Crippen molar-refractivity contribution < 1.29 is 9.47 Å². The van der Waals surface area contributed by atoms with Gasteiger partial charge in [-0.3, -0.25) is 0 Å². The molecule has 4 heteroatoms. The van der Waals surface area contributed by atoms with Gasteiger partial charge < -0.3 is 14.5 Å². The minimum Gasteiger partial charge on any atom is -0.497 e. The van der Waals surface area contributed by atoms with Gasteiger partial charge >= 0.3 is 0 Å². The minimum atomic E-state index is 0.106. The van der Waals surface area contributed by atoms with Crippen LogP contribution in [0.4, 0.5) is 0 Å². The van der Waals surface area contributed by atoms with Crippen LogP contribution in [0.2, 0.25) is 0 Å². The van der Waals surface area contributed by atoms with Crippen molar-refractivity contribution in [1.82, 2.24) is 4.98 Å². The molecule has 0 amide bonds. The van der Waals surface area contributed by atoms with Crippen molar-refractivity contribution in [2.45, 2.75) is 5.92 Å². The highest BCUT2D eigenvalue weighted by Gasteiger charge is 2.23. The van der Waals surface area contributed by atoms with Crippen molar-refractivity contribution in [3.05, 3.63) is 82.2 Å². The van der Waals surface area contributed by atoms with Crippen LogP contribution in [0.1, 0.15) is 22.1 Å². The van der Waals surface area contributed by atoms with Crippen molar-refractivity contribution in [3.8, 4) is 11.5 Å². The van der Waals surface area contributed by atoms with E-state index in [1.165, 1.54) is 4.88 Å². The number of methoxy groups -OCH3 is 2. The van der Waals surface area contributed by atoms with Gasteiger partial charge in [0.05, 0.1) is 20.1 Å². The molecule has 0 spiro atoms. The average molecular weight is 349 g/mol. The highest BCUT2D eigenvalue weighted by molar-refractivity contribution is 7.10. The Morgan fingerprint density at radius 3 is 2.56 bits per heavy atom. The van der Waals surface area contributed by atoms with Crippen LogP contribution in [0.25, 0.3) is 10.9 Å². The molecule has 2 heterocycles. The topological polar surface area (TPSA) is 34.2 Å². The Labute approximate surface area is 150 Å². The van der Waals surface area contributed by atoms with Crippen LogP contribution in [0.5, 0.6) is 11.5 Å². The van der Waals surface area contributed by atoms with Gasteiger partial charge in [-0.2, -0.15) is 0 Å². The molecule has 2 aromatic carbocycles. The maximum atomic E-state index is 5.63. The molecule has 1 N–H and O–H groups in total. The Morgan fingerprint density at radius 2 is 1.80 bits per heavy atom. The van der Waals surface area contributed by atoms with E-state index in [4.69, 9.17) is 9.47 Å². The van der Waals surface area contributed by atoms with E-state index in [1.54, 1.807) is 25.6 Å². The lowest BCUT2D eigenvalue weighted by Crippen LogP contribution is -2.04. The Kier molecular flexibility index (Phi) is 4.20. The van der Waals surface area contributed by atoms with Crippen LogP contribution in [-0.4, -0.2) is 19.2 Å². The maximum absolute atomic E-state index is 5.63. The molecule has 0 fully saturated rings. The summed E-state index contributed by atoms with van der Waals surface area (Å²) < 4.78 is 11.0. The molecule has 0 aliphatic heterocycles. The summed E-state index contributed by atoms with van der Waals surface area (Å²) in [6, 6.07) is 20.8. The van der Waals surface area contributed by atoms with E-state index in [0.29, 0.717) is 0 Å². The van der Waals surface area contributed by atoms with E-state index in [-0.39, 0.29) is 5.92 Å². The molecule has 25 heavy (non-hydrogen) atoms. The lowest BCUT2D eigenvalue weighted by Gasteiger charge is -2.18. The van der Waals surface area contributed by atoms with E-state index in [1.807, 2.05) is 18.2 Å². The summed E-state index contributed by atoms with van der Waals surface area (Å²) >= 11 is 1.76. The third-order valence-corrected chi connectivity index (χ3v) is 5.37. The normalized spacial score (nSPS) is 12.2. The molecule has 4 rings (SSSR count). The van der Waals surface area contributed by atoms with Gasteiger partial charge in [-0.1, -0.05) is 24.3 Å². The summed E-state index contributed by atoms with van der Waals surface area (Å²) in [5.41, 5.74) is 3.41. The zero-order valence-electron chi connectivity index (χ0n) is 14.2. The Balaban J connectivity index is 1.89. The Hall–Kier alpha value is -2.72. The second-order valence-electron chi connectivity index (χ2n) is 5.87. The molecule has 0 bridgehead atoms. The SMILES string of the molecule is COc1ccc2[nH]c(C(c3cccs3)c3ccccc3OC)cc2c1. The van der Waals surface area contributed by atoms with Crippen LogP contribution >= 0.6 is 11.3 Å². The number of hydrogen-bond donors (Lipinski definition) is 1. The first-order valence-electron chi connectivity index (χ1n) is 8.13. The van der Waals surface area contributed by atoms with E-state index < -0.39 is 0 Å². The number of para-hydroxylation sites is 1. The molecule has 0 saturated carbocycles. The number of benzene rings is 2. The van der Waals surface area contributed by atoms with Crippen molar-refractivity contribution in [2.24, 2.45) is 0 Å². The van der Waals surface area contributed by atoms with Crippen LogP contribution < -0.4 is 9.47 Å². The summed E-state index contributed by atoms with van der Waals surface area (Å²) in [5, 5.41) is 3.26. The number of rotatable bonds is 5. The van der Waals surface area contributed by atoms with E-state index >= 15 is 0 Å². The van der Waals surface area contributed by atoms with Gasteiger partial charge in [-0.15, -0.1) is 11.3 Å². The van der Waals surface area contributed by atoms with Gasteiger partial charge in [-0.05, 0) is 41.8 Å². The summed E-state index contributed by atoms with van der Waals surface area (Å²) in [7, 11) is 3.42. The van der Waals surface area contributed by atoms with E-state index in [0.717, 1.165) is 33.7 Å². The van der Waals surface area contributed by atoms with Gasteiger partial charge in [0.2, 0.25) is 0 Å². The molecule has 4 aromatic rings. The number of thiophene rings is 1. The lowest BCUT2D eigenvalue weighted by molar-refractivity contribution is 0.409. The standard InChI is InChI=1S/C21H19NO2S/c1-23-15-9-10-17-14(12-15)13-18(22-17)21(20-8-5-11-25-20)16-6-3-4-7-19(16)24-2/h3-13,21-22H,1-2H3. The van der Waals surface area contributed by atoms with Crippen LogP contribution in [-0.2, 0) is 0 Å². The number of aromatic amines is 1. The number of hydrogen-bond acceptors (Lipinski definition) is 3. The molecule has 0 aliphatic rings. The second kappa shape index (κ2) is 6.65. The van der Waals surface area contributed by atoms with Crippen LogP contribution in [0.15, 0.2) is 66.0 Å². The number of fused-ring (bicyclic) bond motifs is 1. The van der Waals surface area contributed by atoms with Crippen molar-refractivity contribution >= 4 is 22.2 Å². The number of H-pyrrole nitrogens is 1. The van der Waals surface area contributed by atoms with Gasteiger partial charge in [0.25, 0.3) is 0 Å². The van der Waals surface area contributed by atoms with E-state index in [2.05, 4.69) is 52.8 Å². The smallest absolute Gasteiger partial charge is 0.123 e. The molecular formula is C21H19NO2S. The molecule has 1 unspecified atom stereocenters. The number of nitrogens with one attached hydrogen (secondary N) is 1. The van der Waals surface area contributed by atoms with Gasteiger partial charge in [0.1, 0.15) is 11.5 Å². The first kappa shape index (κ1) is 15.8. The van der Waals surface area contributed by atoms with Crippen LogP contribution in [0.3, 0.4) is 0 Å². The quantitative estimate of drug-likeness (QED) is 0.521. The lowest BCUT2D eigenvalue weighted by atomic mass is 9.93. The largest absolute Gasteiger partial charge is 0.497 e. The molecule has 0 radical (unpaired) electrons. The summed E-state index contributed by atoms with van der Waals surface area (Å²) in [6.45, 7) is 0. The van der Waals surface area contributed by atoms with Gasteiger partial charge in [0.15, 0.2) is 0 Å². The summed E-state index contributed by atoms with van der Waals surface area (Å²) in [5.74, 6) is 1.87. The zero-order valence-corrected chi connectivity index (χ0v) is 15.0. The third kappa shape index (κ3) is 2.89. The maximum Gasteiger partial charge on any atom is 0.123 e. The van der Waals surface area contributed by atoms with Gasteiger partial charge in [-0.25, -0.2) is 0 Å². The summed E-state index contributed by atoms with van der Waals surface area (Å²) in [4.78, 5) is 4.86. The molecular weight excluding hydrogens is 330 g/mol. The Morgan fingerprint density at radius 1 is 0.920 bits per heavy atom.